The van der Waals surface area contributed by atoms with Crippen LogP contribution < -0.4 is 0 Å². The fourth-order valence-corrected chi connectivity index (χ4v) is 9.36. The Hall–Kier alpha value is -1.13. The van der Waals surface area contributed by atoms with Crippen LogP contribution in [0.25, 0.3) is 0 Å². The van der Waals surface area contributed by atoms with Crippen LogP contribution in [0.4, 0.5) is 35.1 Å². The summed E-state index contributed by atoms with van der Waals surface area (Å²) >= 11 is 20.9. The predicted octanol–water partition coefficient (Wildman–Crippen LogP) is 10.9. The number of hydrogen-bond acceptors (Lipinski definition) is 10. The third-order valence-electron chi connectivity index (χ3n) is 4.26. The zero-order chi connectivity index (χ0) is 34.3. The first-order chi connectivity index (χ1) is 20.9. The van der Waals surface area contributed by atoms with Gasteiger partial charge in [-0.1, -0.05) is 80.6 Å². The minimum Gasteiger partial charge on any atom is -0.252 e. The van der Waals surface area contributed by atoms with Crippen LogP contribution in [0.2, 0.25) is 13.0 Å². The molecule has 3 heterocycles. The van der Waals surface area contributed by atoms with Gasteiger partial charge in [-0.3, -0.25) is 4.21 Å². The van der Waals surface area contributed by atoms with Crippen LogP contribution >= 0.6 is 80.6 Å². The average molecular weight is 823 g/mol. The van der Waals surface area contributed by atoms with Gasteiger partial charge in [0, 0.05) is 30.8 Å². The summed E-state index contributed by atoms with van der Waals surface area (Å²) in [5.74, 6) is -5.49. The first-order valence-corrected chi connectivity index (χ1v) is 18.9. The highest BCUT2D eigenvalue weighted by Crippen LogP contribution is 2.29. The minimum absolute atomic E-state index is 0.179. The fraction of sp³-hybridized carbons (Fsp3) is 0.318. The van der Waals surface area contributed by atoms with Crippen molar-refractivity contribution in [3.8, 4) is 0 Å². The minimum atomic E-state index is -3.69. The van der Waals surface area contributed by atoms with Crippen molar-refractivity contribution in [3.05, 3.63) is 67.1 Å². The Morgan fingerprint density at radius 3 is 1.78 bits per heavy atom. The van der Waals surface area contributed by atoms with Crippen molar-refractivity contribution >= 4 is 101 Å². The van der Waals surface area contributed by atoms with Crippen LogP contribution in [-0.2, 0) is 20.6 Å². The van der Waals surface area contributed by atoms with Crippen LogP contribution in [0.3, 0.4) is 0 Å². The second kappa shape index (κ2) is 21.0. The number of halogens is 11. The lowest BCUT2D eigenvalue weighted by atomic mass is 10.4. The van der Waals surface area contributed by atoms with Gasteiger partial charge in [0.25, 0.3) is 0 Å². The Morgan fingerprint density at radius 1 is 0.778 bits per heavy atom. The van der Waals surface area contributed by atoms with E-state index in [0.29, 0.717) is 13.0 Å². The molecule has 0 amide bonds. The van der Waals surface area contributed by atoms with E-state index in [1.54, 1.807) is 0 Å². The summed E-state index contributed by atoms with van der Waals surface area (Å²) in [5.41, 5.74) is 0. The van der Waals surface area contributed by atoms with Gasteiger partial charge in [0.2, 0.25) is 14.2 Å². The molecule has 1 unspecified atom stereocenters. The SMILES string of the molecule is C/C(F)=C(/F)CCS(=O)(=O)c1ncc(Cl)s1.FC(F)=C(F)CCSc1ncc(Cl)s1.O=S(CCC(F)=C(F)F)c1ncc(Cl)s1. The molecular formula is C22H18Cl3F8N3O3S6. The maximum absolute atomic E-state index is 12.8. The van der Waals surface area contributed by atoms with Crippen LogP contribution in [-0.4, -0.2) is 44.8 Å². The number of aromatic nitrogens is 3. The van der Waals surface area contributed by atoms with Crippen molar-refractivity contribution in [3.63, 3.8) is 0 Å². The molecule has 0 N–H and O–H groups in total. The molecule has 0 aromatic carbocycles. The Bertz CT molecular complexity index is 1620. The highest BCUT2D eigenvalue weighted by Gasteiger charge is 2.20. The number of nitrogens with zero attached hydrogens (tertiary/aromatic N) is 3. The molecule has 0 aliphatic heterocycles. The molecule has 0 saturated carbocycles. The number of thiazole rings is 3. The Kier molecular flexibility index (Phi) is 19.5. The normalized spacial score (nSPS) is 12.3. The molecule has 3 aromatic rings. The molecule has 0 spiro atoms. The van der Waals surface area contributed by atoms with Gasteiger partial charge in [-0.2, -0.15) is 17.6 Å². The molecule has 0 aliphatic carbocycles. The topological polar surface area (TPSA) is 89.9 Å². The molecule has 0 fully saturated rings. The quantitative estimate of drug-likeness (QED) is 0.133. The third kappa shape index (κ3) is 17.0. The summed E-state index contributed by atoms with van der Waals surface area (Å²) in [7, 11) is -5.27. The van der Waals surface area contributed by atoms with Gasteiger partial charge >= 0.3 is 12.2 Å². The van der Waals surface area contributed by atoms with Crippen molar-refractivity contribution < 1.29 is 47.8 Å². The van der Waals surface area contributed by atoms with Crippen LogP contribution in [0.5, 0.6) is 0 Å². The van der Waals surface area contributed by atoms with Gasteiger partial charge in [0.05, 0.1) is 35.1 Å². The van der Waals surface area contributed by atoms with E-state index >= 15 is 0 Å². The Morgan fingerprint density at radius 2 is 1.31 bits per heavy atom. The fourth-order valence-electron chi connectivity index (χ4n) is 2.20. The van der Waals surface area contributed by atoms with Crippen molar-refractivity contribution in [2.45, 2.75) is 39.2 Å². The van der Waals surface area contributed by atoms with Gasteiger partial charge < -0.3 is 0 Å². The predicted molar refractivity (Wildman–Crippen MR) is 165 cm³/mol. The first kappa shape index (κ1) is 41.9. The van der Waals surface area contributed by atoms with Crippen molar-refractivity contribution in [1.29, 1.82) is 0 Å². The van der Waals surface area contributed by atoms with E-state index in [0.717, 1.165) is 29.6 Å². The van der Waals surface area contributed by atoms with Gasteiger partial charge in [-0.15, -0.1) is 0 Å². The molecule has 3 rings (SSSR count). The molecule has 0 radical (unpaired) electrons. The van der Waals surface area contributed by atoms with Gasteiger partial charge in [-0.05, 0) is 6.92 Å². The van der Waals surface area contributed by atoms with E-state index in [-0.39, 0.29) is 30.9 Å². The maximum Gasteiger partial charge on any atom is 0.301 e. The van der Waals surface area contributed by atoms with E-state index in [9.17, 15) is 47.8 Å². The zero-order valence-corrected chi connectivity index (χ0v) is 29.3. The number of thioether (sulfide) groups is 1. The van der Waals surface area contributed by atoms with Crippen LogP contribution in [0, 0.1) is 0 Å². The highest BCUT2D eigenvalue weighted by atomic mass is 35.5. The first-order valence-electron chi connectivity index (χ1n) is 11.4. The Balaban J connectivity index is 0.000000338. The number of hydrogen-bond donors (Lipinski definition) is 0. The summed E-state index contributed by atoms with van der Waals surface area (Å²) < 4.78 is 133. The number of sulfone groups is 1. The summed E-state index contributed by atoms with van der Waals surface area (Å²) in [6.07, 6.45) is -1.99. The third-order valence-corrected chi connectivity index (χ3v) is 12.6. The van der Waals surface area contributed by atoms with Crippen LogP contribution in [0.15, 0.2) is 67.1 Å². The number of rotatable bonds is 12. The molecule has 0 bridgehead atoms. The number of allylic oxidation sites excluding steroid dienone is 4. The molecule has 252 valence electrons. The lowest BCUT2D eigenvalue weighted by Crippen LogP contribution is -2.06. The molecular weight excluding hydrogens is 805 g/mol. The molecule has 23 heteroatoms. The second-order valence-electron chi connectivity index (χ2n) is 7.53. The molecule has 45 heavy (non-hydrogen) atoms. The van der Waals surface area contributed by atoms with Gasteiger partial charge in [0.1, 0.15) is 24.7 Å². The van der Waals surface area contributed by atoms with E-state index in [4.69, 9.17) is 34.8 Å². The maximum atomic E-state index is 12.8. The van der Waals surface area contributed by atoms with Gasteiger partial charge in [0.15, 0.2) is 20.3 Å². The molecule has 0 aliphatic rings. The highest BCUT2D eigenvalue weighted by molar-refractivity contribution is 8.01. The molecule has 0 saturated heterocycles. The van der Waals surface area contributed by atoms with E-state index in [2.05, 4.69) is 15.0 Å². The molecule has 1 atom stereocenters. The van der Waals surface area contributed by atoms with Crippen molar-refractivity contribution in [2.24, 2.45) is 0 Å². The summed E-state index contributed by atoms with van der Waals surface area (Å²) in [4.78, 5) is 11.2. The summed E-state index contributed by atoms with van der Waals surface area (Å²) in [6.45, 7) is 0.933. The zero-order valence-electron chi connectivity index (χ0n) is 22.1. The second-order valence-corrected chi connectivity index (χ2v) is 17.9. The van der Waals surface area contributed by atoms with E-state index < -0.39 is 74.7 Å². The van der Waals surface area contributed by atoms with E-state index in [1.165, 1.54) is 41.7 Å². The standard InChI is InChI=1S/C8H8ClF2NO2S2.C7H5ClF3NOS2.C7H5ClF3NS2/c1-5(10)6(11)2-3-16(13,14)8-12-4-7(9)15-8;8-5-3-12-7(14-5)15(13)2-1-4(9)6(10)11;8-5-3-12-7(14-5)13-2-1-4(9)6(10)11/h4H,2-3H2,1H3;3H,1-2H2;3H,1-2H2/b6-5-;;. The lowest BCUT2D eigenvalue weighted by Gasteiger charge is -1.99. The monoisotopic (exact) mass is 821 g/mol. The summed E-state index contributed by atoms with van der Waals surface area (Å²) in [6, 6.07) is 0. The van der Waals surface area contributed by atoms with Crippen molar-refractivity contribution in [2.75, 3.05) is 17.3 Å². The average Bonchev–Trinajstić information content (AvgIpc) is 3.72. The summed E-state index contributed by atoms with van der Waals surface area (Å²) in [5, 5.41) is 0. The Labute approximate surface area is 285 Å². The largest absolute Gasteiger partial charge is 0.301 e. The van der Waals surface area contributed by atoms with E-state index in [1.807, 2.05) is 0 Å². The molecule has 3 aromatic heterocycles. The van der Waals surface area contributed by atoms with Gasteiger partial charge in [-0.25, -0.2) is 40.9 Å². The molecule has 6 nitrogen and oxygen atoms in total. The van der Waals surface area contributed by atoms with Crippen molar-refractivity contribution in [1.82, 2.24) is 15.0 Å². The van der Waals surface area contributed by atoms with Crippen LogP contribution in [0.1, 0.15) is 26.2 Å². The lowest BCUT2D eigenvalue weighted by molar-refractivity contribution is 0.373. The smallest absolute Gasteiger partial charge is 0.252 e.